The normalized spacial score (nSPS) is 18.9. The van der Waals surface area contributed by atoms with Crippen LogP contribution in [-0.2, 0) is 27.9 Å². The number of likely N-dealkylation sites (tertiary alicyclic amines) is 1. The Bertz CT molecular complexity index is 1960. The van der Waals surface area contributed by atoms with Crippen LogP contribution in [-0.4, -0.2) is 67.2 Å². The molecule has 8 rings (SSSR count). The lowest BCUT2D eigenvalue weighted by Crippen LogP contribution is -2.46. The molecule has 0 atom stereocenters. The van der Waals surface area contributed by atoms with E-state index in [2.05, 4.69) is 10.3 Å². The van der Waals surface area contributed by atoms with E-state index < -0.39 is 5.41 Å². The van der Waals surface area contributed by atoms with Gasteiger partial charge in [0, 0.05) is 36.0 Å². The molecule has 12 heteroatoms. The maximum Gasteiger partial charge on any atom is 0.279 e. The molecular weight excluding hydrogens is 606 g/mol. The minimum absolute atomic E-state index is 0.0481. The van der Waals surface area contributed by atoms with Crippen LogP contribution >= 0.6 is 11.6 Å². The van der Waals surface area contributed by atoms with Gasteiger partial charge in [0.05, 0.1) is 23.9 Å². The van der Waals surface area contributed by atoms with Gasteiger partial charge < -0.3 is 19.5 Å². The quantitative estimate of drug-likeness (QED) is 0.332. The van der Waals surface area contributed by atoms with Crippen LogP contribution in [0.5, 0.6) is 0 Å². The number of amides is 2. The van der Waals surface area contributed by atoms with Gasteiger partial charge >= 0.3 is 0 Å². The minimum Gasteiger partial charge on any atom is -0.377 e. The number of halogens is 1. The van der Waals surface area contributed by atoms with Crippen molar-refractivity contribution in [2.24, 2.45) is 0 Å². The van der Waals surface area contributed by atoms with E-state index in [0.717, 1.165) is 17.7 Å². The Hall–Kier alpha value is -4.35. The van der Waals surface area contributed by atoms with Crippen LogP contribution in [0.2, 0.25) is 5.02 Å². The molecule has 0 radical (unpaired) electrons. The summed E-state index contributed by atoms with van der Waals surface area (Å²) in [5, 5.41) is 8.19. The molecule has 4 aliphatic rings. The van der Waals surface area contributed by atoms with Crippen molar-refractivity contribution < 1.29 is 14.3 Å². The van der Waals surface area contributed by atoms with Gasteiger partial charge in [-0.1, -0.05) is 29.8 Å². The Balaban J connectivity index is 1.14. The van der Waals surface area contributed by atoms with Gasteiger partial charge in [-0.15, -0.1) is 5.10 Å². The van der Waals surface area contributed by atoms with E-state index in [1.54, 1.807) is 18.3 Å². The van der Waals surface area contributed by atoms with E-state index in [0.29, 0.717) is 91.5 Å². The van der Waals surface area contributed by atoms with Crippen molar-refractivity contribution in [3.8, 4) is 0 Å². The van der Waals surface area contributed by atoms with E-state index in [4.69, 9.17) is 26.4 Å². The number of ether oxygens (including phenoxy) is 1. The molecule has 1 N–H and O–H groups in total. The average Bonchev–Trinajstić information content (AvgIpc) is 3.74. The monoisotopic (exact) mass is 639 g/mol. The van der Waals surface area contributed by atoms with E-state index in [9.17, 15) is 14.4 Å². The molecule has 236 valence electrons. The summed E-state index contributed by atoms with van der Waals surface area (Å²) in [6, 6.07) is 11.1. The lowest BCUT2D eigenvalue weighted by Gasteiger charge is -2.39. The van der Waals surface area contributed by atoms with Crippen molar-refractivity contribution >= 4 is 40.5 Å². The summed E-state index contributed by atoms with van der Waals surface area (Å²) in [6.07, 6.45) is 9.19. The van der Waals surface area contributed by atoms with Crippen molar-refractivity contribution in [2.75, 3.05) is 31.6 Å². The molecule has 1 spiro atoms. The zero-order valence-corrected chi connectivity index (χ0v) is 26.1. The van der Waals surface area contributed by atoms with Crippen molar-refractivity contribution in [3.05, 3.63) is 92.4 Å². The molecule has 0 unspecified atom stereocenters. The first kappa shape index (κ1) is 29.1. The number of piperidine rings is 1. The van der Waals surface area contributed by atoms with E-state index in [1.807, 2.05) is 39.8 Å². The van der Waals surface area contributed by atoms with Gasteiger partial charge in [-0.3, -0.25) is 19.4 Å². The SMILES string of the molecule is O=C(Cn1c2c(c(=O)n3nc(C4=CCOCC4)nc13)C1(CC2)CCN(C(=O)c2ccccn2)CC1)Nc1ccc(C2CC2)cc1Cl. The van der Waals surface area contributed by atoms with Crippen molar-refractivity contribution in [1.29, 1.82) is 0 Å². The molecule has 11 nitrogen and oxygen atoms in total. The lowest BCUT2D eigenvalue weighted by molar-refractivity contribution is -0.116. The molecule has 3 aromatic heterocycles. The van der Waals surface area contributed by atoms with E-state index in [-0.39, 0.29) is 23.9 Å². The Morgan fingerprint density at radius 3 is 2.65 bits per heavy atom. The summed E-state index contributed by atoms with van der Waals surface area (Å²) >= 11 is 6.58. The first-order valence-electron chi connectivity index (χ1n) is 16.0. The van der Waals surface area contributed by atoms with Gasteiger partial charge in [-0.2, -0.15) is 9.50 Å². The van der Waals surface area contributed by atoms with Gasteiger partial charge in [0.1, 0.15) is 12.2 Å². The zero-order chi connectivity index (χ0) is 31.4. The molecule has 1 saturated heterocycles. The molecule has 5 heterocycles. The number of nitrogens with one attached hydrogen (secondary N) is 1. The fourth-order valence-electron chi connectivity index (χ4n) is 7.33. The Morgan fingerprint density at radius 1 is 1.09 bits per heavy atom. The van der Waals surface area contributed by atoms with Gasteiger partial charge in [-0.05, 0) is 86.3 Å². The summed E-state index contributed by atoms with van der Waals surface area (Å²) in [6.45, 7) is 2.00. The highest BCUT2D eigenvalue weighted by atomic mass is 35.5. The first-order valence-corrected chi connectivity index (χ1v) is 16.4. The second kappa shape index (κ2) is 11.5. The number of rotatable bonds is 6. The molecular formula is C34H34ClN7O4. The minimum atomic E-state index is -0.425. The van der Waals surface area contributed by atoms with Crippen LogP contribution in [0.25, 0.3) is 11.4 Å². The summed E-state index contributed by atoms with van der Waals surface area (Å²) < 4.78 is 8.70. The van der Waals surface area contributed by atoms with Crippen LogP contribution < -0.4 is 10.9 Å². The van der Waals surface area contributed by atoms with Crippen molar-refractivity contribution in [3.63, 3.8) is 0 Å². The highest BCUT2D eigenvalue weighted by Gasteiger charge is 2.46. The molecule has 2 amide bonds. The third-order valence-electron chi connectivity index (χ3n) is 9.98. The maximum absolute atomic E-state index is 14.3. The van der Waals surface area contributed by atoms with Gasteiger partial charge in [-0.25, -0.2) is 0 Å². The van der Waals surface area contributed by atoms with E-state index >= 15 is 0 Å². The Morgan fingerprint density at radius 2 is 1.93 bits per heavy atom. The Kier molecular flexibility index (Phi) is 7.25. The number of carbonyl (C=O) groups excluding carboxylic acids is 2. The smallest absolute Gasteiger partial charge is 0.279 e. The largest absolute Gasteiger partial charge is 0.377 e. The Labute approximate surface area is 270 Å². The predicted molar refractivity (Wildman–Crippen MR) is 172 cm³/mol. The first-order chi connectivity index (χ1) is 22.4. The molecule has 0 bridgehead atoms. The summed E-state index contributed by atoms with van der Waals surface area (Å²) in [7, 11) is 0. The molecule has 46 heavy (non-hydrogen) atoms. The number of hydrogen-bond donors (Lipinski definition) is 1. The molecule has 1 aromatic carbocycles. The number of pyridine rings is 1. The number of hydrogen-bond acceptors (Lipinski definition) is 7. The van der Waals surface area contributed by atoms with Crippen molar-refractivity contribution in [1.82, 2.24) is 29.0 Å². The van der Waals surface area contributed by atoms with Crippen LogP contribution in [0.15, 0.2) is 53.5 Å². The van der Waals surface area contributed by atoms with Crippen molar-refractivity contribution in [2.45, 2.75) is 62.8 Å². The number of aromatic nitrogens is 5. The number of nitrogens with zero attached hydrogens (tertiary/aromatic N) is 6. The number of anilines is 1. The molecule has 2 aliphatic heterocycles. The standard InChI is InChI=1S/C34H34ClN7O4/c35-24-19-23(21-4-5-21)6-7-25(24)37-28(43)20-41-27-8-11-34(12-15-40(16-13-34)31(44)26-3-1-2-14-36-26)29(27)32(45)42-33(41)38-30(39-42)22-9-17-46-18-10-22/h1-3,6-7,9,14,19,21H,4-5,8,10-13,15-18,20H2,(H,37,43). The molecule has 1 saturated carbocycles. The highest BCUT2D eigenvalue weighted by molar-refractivity contribution is 6.33. The third kappa shape index (κ3) is 5.11. The zero-order valence-electron chi connectivity index (χ0n) is 25.4. The van der Waals surface area contributed by atoms with E-state index in [1.165, 1.54) is 22.9 Å². The molecule has 4 aromatic rings. The number of carbonyl (C=O) groups is 2. The summed E-state index contributed by atoms with van der Waals surface area (Å²) in [4.78, 5) is 51.9. The second-order valence-electron chi connectivity index (χ2n) is 12.8. The van der Waals surface area contributed by atoms with Crippen LogP contribution in [0.4, 0.5) is 5.69 Å². The second-order valence-corrected chi connectivity index (χ2v) is 13.2. The highest BCUT2D eigenvalue weighted by Crippen LogP contribution is 2.45. The van der Waals surface area contributed by atoms with Gasteiger partial charge in [0.15, 0.2) is 5.82 Å². The lowest BCUT2D eigenvalue weighted by atomic mass is 9.74. The molecule has 2 fully saturated rings. The van der Waals surface area contributed by atoms with Crippen LogP contribution in [0, 0.1) is 0 Å². The fourth-order valence-corrected chi connectivity index (χ4v) is 7.57. The topological polar surface area (TPSA) is 124 Å². The van der Waals surface area contributed by atoms with Gasteiger partial charge in [0.2, 0.25) is 11.7 Å². The fraction of sp³-hybridized carbons (Fsp3) is 0.412. The maximum atomic E-state index is 14.3. The van der Waals surface area contributed by atoms with Gasteiger partial charge in [0.25, 0.3) is 11.5 Å². The predicted octanol–water partition coefficient (Wildman–Crippen LogP) is 4.38. The molecule has 2 aliphatic carbocycles. The van der Waals surface area contributed by atoms with Crippen LogP contribution in [0.3, 0.4) is 0 Å². The van der Waals surface area contributed by atoms with Crippen LogP contribution in [0.1, 0.15) is 77.6 Å². The summed E-state index contributed by atoms with van der Waals surface area (Å²) in [5.41, 5.74) is 3.96. The third-order valence-corrected chi connectivity index (χ3v) is 10.3. The average molecular weight is 640 g/mol. The number of fused-ring (bicyclic) bond motifs is 3. The summed E-state index contributed by atoms with van der Waals surface area (Å²) in [5.74, 6) is 1.01. The number of benzene rings is 1.